The van der Waals surface area contributed by atoms with Crippen molar-refractivity contribution < 1.29 is 8.42 Å². The highest BCUT2D eigenvalue weighted by Gasteiger charge is 2.17. The quantitative estimate of drug-likeness (QED) is 0.694. The normalized spacial score (nSPS) is 13.3. The Morgan fingerprint density at radius 2 is 2.00 bits per heavy atom. The van der Waals surface area contributed by atoms with Gasteiger partial charge in [-0.25, -0.2) is 13.1 Å². The second-order valence-electron chi connectivity index (χ2n) is 4.03. The molecule has 1 rings (SSSR count). The van der Waals surface area contributed by atoms with Gasteiger partial charge in [-0.05, 0) is 38.6 Å². The molecule has 5 nitrogen and oxygen atoms in total. The van der Waals surface area contributed by atoms with E-state index in [1.807, 2.05) is 13.0 Å². The van der Waals surface area contributed by atoms with Crippen LogP contribution in [0.4, 0.5) is 5.69 Å². The first kappa shape index (κ1) is 14.9. The number of nitrogens with one attached hydrogen (secondary N) is 2. The molecule has 0 aliphatic carbocycles. The predicted octanol–water partition coefficient (Wildman–Crippen LogP) is 1.13. The van der Waals surface area contributed by atoms with Gasteiger partial charge in [0.25, 0.3) is 0 Å². The van der Waals surface area contributed by atoms with E-state index in [4.69, 9.17) is 5.73 Å². The van der Waals surface area contributed by atoms with Crippen molar-refractivity contribution >= 4 is 15.7 Å². The summed E-state index contributed by atoms with van der Waals surface area (Å²) in [6, 6.07) is 7.06. The zero-order chi connectivity index (χ0) is 13.6. The van der Waals surface area contributed by atoms with Crippen LogP contribution in [0.15, 0.2) is 29.2 Å². The third-order valence-electron chi connectivity index (χ3n) is 2.81. The fraction of sp³-hybridized carbons (Fsp3) is 0.500. The van der Waals surface area contributed by atoms with Gasteiger partial charge < -0.3 is 11.1 Å². The van der Waals surface area contributed by atoms with E-state index in [1.54, 1.807) is 18.2 Å². The zero-order valence-corrected chi connectivity index (χ0v) is 11.6. The van der Waals surface area contributed by atoms with Gasteiger partial charge in [-0.1, -0.05) is 19.1 Å². The molecule has 0 aliphatic rings. The van der Waals surface area contributed by atoms with Crippen LogP contribution < -0.4 is 15.8 Å². The molecule has 0 saturated heterocycles. The monoisotopic (exact) mass is 271 g/mol. The number of benzene rings is 1. The first-order valence-electron chi connectivity index (χ1n) is 6.04. The van der Waals surface area contributed by atoms with Crippen molar-refractivity contribution in [1.29, 1.82) is 0 Å². The molecule has 6 heteroatoms. The van der Waals surface area contributed by atoms with Crippen molar-refractivity contribution in [2.75, 3.05) is 18.9 Å². The Kier molecular flexibility index (Phi) is 5.58. The van der Waals surface area contributed by atoms with E-state index in [0.717, 1.165) is 12.8 Å². The summed E-state index contributed by atoms with van der Waals surface area (Å²) < 4.78 is 26.1. The van der Waals surface area contributed by atoms with Crippen molar-refractivity contribution in [2.24, 2.45) is 5.73 Å². The molecule has 0 aliphatic heterocycles. The fourth-order valence-corrected chi connectivity index (χ4v) is 2.62. The zero-order valence-electron chi connectivity index (χ0n) is 10.8. The molecule has 18 heavy (non-hydrogen) atoms. The van der Waals surface area contributed by atoms with Gasteiger partial charge in [-0.3, -0.25) is 0 Å². The average molecular weight is 271 g/mol. The van der Waals surface area contributed by atoms with Gasteiger partial charge in [-0.2, -0.15) is 0 Å². The van der Waals surface area contributed by atoms with Gasteiger partial charge >= 0.3 is 0 Å². The lowest BCUT2D eigenvalue weighted by atomic mass is 10.1. The Morgan fingerprint density at radius 3 is 2.56 bits per heavy atom. The highest BCUT2D eigenvalue weighted by atomic mass is 32.2. The van der Waals surface area contributed by atoms with Gasteiger partial charge in [0.1, 0.15) is 4.90 Å². The Bertz CT molecular complexity index is 474. The van der Waals surface area contributed by atoms with Gasteiger partial charge in [0.2, 0.25) is 10.0 Å². The standard InChI is InChI=1S/C12H21N3O2S/c1-3-10(8-9-13)15-11-6-4-5-7-12(11)18(16,17)14-2/h4-7,10,14-15H,3,8-9,13H2,1-2H3. The minimum absolute atomic E-state index is 0.184. The van der Waals surface area contributed by atoms with E-state index in [2.05, 4.69) is 10.0 Å². The van der Waals surface area contributed by atoms with Crippen molar-refractivity contribution in [3.05, 3.63) is 24.3 Å². The van der Waals surface area contributed by atoms with Crippen molar-refractivity contribution in [2.45, 2.75) is 30.7 Å². The summed E-state index contributed by atoms with van der Waals surface area (Å²) in [6.45, 7) is 2.62. The first-order valence-corrected chi connectivity index (χ1v) is 7.52. The minimum atomic E-state index is -3.44. The Balaban J connectivity index is 3.03. The van der Waals surface area contributed by atoms with Crippen molar-refractivity contribution in [3.63, 3.8) is 0 Å². The van der Waals surface area contributed by atoms with Crippen LogP contribution in [0.1, 0.15) is 19.8 Å². The van der Waals surface area contributed by atoms with Crippen LogP contribution in [-0.2, 0) is 10.0 Å². The van der Waals surface area contributed by atoms with Gasteiger partial charge in [0.05, 0.1) is 5.69 Å². The Morgan fingerprint density at radius 1 is 1.33 bits per heavy atom. The van der Waals surface area contributed by atoms with E-state index in [0.29, 0.717) is 12.2 Å². The smallest absolute Gasteiger partial charge is 0.242 e. The number of para-hydroxylation sites is 1. The van der Waals surface area contributed by atoms with Crippen LogP contribution in [-0.4, -0.2) is 28.1 Å². The summed E-state index contributed by atoms with van der Waals surface area (Å²) in [6.07, 6.45) is 1.70. The maximum absolute atomic E-state index is 11.9. The Labute approximate surface area is 109 Å². The second-order valence-corrected chi connectivity index (χ2v) is 5.89. The third-order valence-corrected chi connectivity index (χ3v) is 4.29. The molecule has 1 aromatic carbocycles. The molecule has 0 fully saturated rings. The van der Waals surface area contributed by atoms with E-state index in [-0.39, 0.29) is 10.9 Å². The molecule has 0 saturated carbocycles. The lowest BCUT2D eigenvalue weighted by molar-refractivity contribution is 0.587. The van der Waals surface area contributed by atoms with Gasteiger partial charge in [0.15, 0.2) is 0 Å². The van der Waals surface area contributed by atoms with Crippen LogP contribution >= 0.6 is 0 Å². The van der Waals surface area contributed by atoms with Crippen LogP contribution in [0.2, 0.25) is 0 Å². The summed E-state index contributed by atoms with van der Waals surface area (Å²) in [5, 5.41) is 3.24. The van der Waals surface area contributed by atoms with Crippen molar-refractivity contribution in [3.8, 4) is 0 Å². The molecule has 1 unspecified atom stereocenters. The number of nitrogens with two attached hydrogens (primary N) is 1. The molecule has 102 valence electrons. The van der Waals surface area contributed by atoms with Crippen LogP contribution in [0.5, 0.6) is 0 Å². The van der Waals surface area contributed by atoms with Crippen LogP contribution in [0, 0.1) is 0 Å². The third kappa shape index (κ3) is 3.69. The lowest BCUT2D eigenvalue weighted by Crippen LogP contribution is -2.25. The minimum Gasteiger partial charge on any atom is -0.381 e. The molecule has 0 amide bonds. The highest BCUT2D eigenvalue weighted by Crippen LogP contribution is 2.22. The highest BCUT2D eigenvalue weighted by molar-refractivity contribution is 7.89. The van der Waals surface area contributed by atoms with Crippen LogP contribution in [0.3, 0.4) is 0 Å². The molecule has 0 heterocycles. The summed E-state index contributed by atoms with van der Waals surface area (Å²) in [5.74, 6) is 0. The molecular weight excluding hydrogens is 250 g/mol. The topological polar surface area (TPSA) is 84.2 Å². The Hall–Kier alpha value is -1.11. The summed E-state index contributed by atoms with van der Waals surface area (Å²) >= 11 is 0. The molecule has 0 radical (unpaired) electrons. The fourth-order valence-electron chi connectivity index (χ4n) is 1.73. The number of hydrogen-bond acceptors (Lipinski definition) is 4. The number of hydrogen-bond donors (Lipinski definition) is 3. The number of anilines is 1. The van der Waals surface area contributed by atoms with E-state index in [1.165, 1.54) is 7.05 Å². The summed E-state index contributed by atoms with van der Waals surface area (Å²) in [7, 11) is -2.04. The van der Waals surface area contributed by atoms with Gasteiger partial charge in [-0.15, -0.1) is 0 Å². The largest absolute Gasteiger partial charge is 0.381 e. The van der Waals surface area contributed by atoms with E-state index >= 15 is 0 Å². The van der Waals surface area contributed by atoms with E-state index in [9.17, 15) is 8.42 Å². The molecule has 0 bridgehead atoms. The maximum Gasteiger partial charge on any atom is 0.242 e. The van der Waals surface area contributed by atoms with E-state index < -0.39 is 10.0 Å². The molecule has 4 N–H and O–H groups in total. The molecule has 1 aromatic rings. The second kappa shape index (κ2) is 6.72. The predicted molar refractivity (Wildman–Crippen MR) is 74.1 cm³/mol. The average Bonchev–Trinajstić information content (AvgIpc) is 2.38. The molecule has 0 spiro atoms. The summed E-state index contributed by atoms with van der Waals surface area (Å²) in [4.78, 5) is 0.267. The van der Waals surface area contributed by atoms with Crippen molar-refractivity contribution in [1.82, 2.24) is 4.72 Å². The van der Waals surface area contributed by atoms with Crippen LogP contribution in [0.25, 0.3) is 0 Å². The van der Waals surface area contributed by atoms with Gasteiger partial charge in [0, 0.05) is 6.04 Å². The molecular formula is C12H21N3O2S. The number of sulfonamides is 1. The molecule has 0 aromatic heterocycles. The number of rotatable bonds is 7. The first-order chi connectivity index (χ1) is 8.55. The summed E-state index contributed by atoms with van der Waals surface area (Å²) in [5.41, 5.74) is 6.16. The maximum atomic E-state index is 11.9. The SMILES string of the molecule is CCC(CCN)Nc1ccccc1S(=O)(=O)NC. The lowest BCUT2D eigenvalue weighted by Gasteiger charge is -2.19. The molecule has 1 atom stereocenters.